The summed E-state index contributed by atoms with van der Waals surface area (Å²) in [6, 6.07) is 58.3. The highest BCUT2D eigenvalue weighted by atomic mass is 16.5. The van der Waals surface area contributed by atoms with Gasteiger partial charge in [0.15, 0.2) is 17.2 Å². The minimum atomic E-state index is -1.07. The van der Waals surface area contributed by atoms with Crippen LogP contribution in [0, 0.1) is 6.92 Å². The van der Waals surface area contributed by atoms with E-state index in [9.17, 15) is 0 Å². The molecule has 0 fully saturated rings. The first-order chi connectivity index (χ1) is 31.5. The molecule has 0 radical (unpaired) electrons. The lowest BCUT2D eigenvalue weighted by molar-refractivity contribution is -0.997. The summed E-state index contributed by atoms with van der Waals surface area (Å²) in [7, 11) is 0. The fourth-order valence-electron chi connectivity index (χ4n) is 10.8. The number of benzene rings is 7. The van der Waals surface area contributed by atoms with Crippen molar-refractivity contribution < 1.29 is 15.2 Å². The second-order valence-electron chi connectivity index (χ2n) is 20.7. The van der Waals surface area contributed by atoms with Crippen LogP contribution in [0.5, 0.6) is 5.75 Å². The predicted molar refractivity (Wildman–Crippen MR) is 266 cm³/mol. The van der Waals surface area contributed by atoms with Crippen LogP contribution in [0.15, 0.2) is 164 Å². The van der Waals surface area contributed by atoms with Crippen molar-refractivity contribution >= 4 is 11.0 Å². The van der Waals surface area contributed by atoms with Crippen molar-refractivity contribution in [3.05, 3.63) is 192 Å². The average Bonchev–Trinajstić information content (AvgIpc) is 3.79. The second-order valence-corrected chi connectivity index (χ2v) is 20.7. The van der Waals surface area contributed by atoms with Crippen LogP contribution < -0.4 is 13.9 Å². The van der Waals surface area contributed by atoms with Gasteiger partial charge in [0.2, 0.25) is 5.69 Å². The minimum Gasteiger partial charge on any atom is -0.392 e. The van der Waals surface area contributed by atoms with E-state index in [1.165, 1.54) is 55.6 Å². The lowest BCUT2D eigenvalue weighted by Gasteiger charge is -2.33. The molecule has 0 N–H and O–H groups in total. The van der Waals surface area contributed by atoms with E-state index in [4.69, 9.17) is 6.11 Å². The minimum absolute atomic E-state index is 0.0329. The third-order valence-corrected chi connectivity index (χ3v) is 14.3. The molecule has 0 saturated heterocycles. The number of imidazole rings is 1. The van der Waals surface area contributed by atoms with Gasteiger partial charge < -0.3 is 4.74 Å². The Balaban J connectivity index is 1.21. The van der Waals surface area contributed by atoms with Crippen LogP contribution in [0.3, 0.4) is 0 Å². The first-order valence-electron chi connectivity index (χ1n) is 23.6. The summed E-state index contributed by atoms with van der Waals surface area (Å²) in [6.45, 7) is 19.9. The van der Waals surface area contributed by atoms with Crippen LogP contribution in [0.1, 0.15) is 90.5 Å². The van der Waals surface area contributed by atoms with Crippen molar-refractivity contribution in [3.8, 4) is 78.6 Å². The number of aryl methyl sites for hydroxylation is 1. The maximum absolute atomic E-state index is 8.67. The summed E-state index contributed by atoms with van der Waals surface area (Å²) in [5.74, 6) is 0.166. The van der Waals surface area contributed by atoms with Gasteiger partial charge in [0.05, 0.1) is 5.56 Å². The number of pyridine rings is 1. The van der Waals surface area contributed by atoms with E-state index in [1.54, 1.807) is 0 Å². The van der Waals surface area contributed by atoms with Gasteiger partial charge in [-0.05, 0) is 122 Å². The van der Waals surface area contributed by atoms with Crippen molar-refractivity contribution in [2.45, 2.75) is 84.9 Å². The molecule has 1 spiro atoms. The molecule has 9 aromatic rings. The van der Waals surface area contributed by atoms with Gasteiger partial charge in [-0.2, -0.15) is 4.57 Å². The number of rotatable bonds is 5. The van der Waals surface area contributed by atoms with Gasteiger partial charge in [-0.25, -0.2) is 0 Å². The van der Waals surface area contributed by atoms with E-state index < -0.39 is 11.7 Å². The molecule has 3 aliphatic heterocycles. The fourth-order valence-corrected chi connectivity index (χ4v) is 10.8. The van der Waals surface area contributed by atoms with Crippen LogP contribution in [0.2, 0.25) is 0 Å². The molecule has 0 saturated carbocycles. The standard InChI is InChI=1S/C61H55N3O/c1-37(2)39-22-24-40(25-23-39)43-30-31-62-53(33-43)51-35-45(60(7,8)9)34-50-46-19-15-20-52-57(46)64-58(47-18-13-14-21-55(47)65-61(62,64)56(50)51)63(52)54-36-48(41-16-11-10-12-17-41)38(3)32-49(54)42-26-28-44(29-27-42)59(4,5)6/h10-37H,1-9H3/q+2/i37D. The van der Waals surface area contributed by atoms with E-state index in [2.05, 4.69) is 226 Å². The molecular weight excluding hydrogens is 791 g/mol. The zero-order valence-corrected chi connectivity index (χ0v) is 38.8. The van der Waals surface area contributed by atoms with Crippen molar-refractivity contribution in [1.29, 1.82) is 0 Å². The fraction of sp³-hybridized carbons (Fsp3) is 0.213. The summed E-state index contributed by atoms with van der Waals surface area (Å²) >= 11 is 0. The van der Waals surface area contributed by atoms with Crippen LogP contribution in [0.25, 0.3) is 83.9 Å². The zero-order chi connectivity index (χ0) is 45.7. The molecule has 4 heteroatoms. The predicted octanol–water partition coefficient (Wildman–Crippen LogP) is 14.5. The Morgan fingerprint density at radius 2 is 1.23 bits per heavy atom. The Hall–Kier alpha value is -7.04. The van der Waals surface area contributed by atoms with E-state index in [0.29, 0.717) is 0 Å². The summed E-state index contributed by atoms with van der Waals surface area (Å²) in [5, 5.41) is 0. The quantitative estimate of drug-likeness (QED) is 0.158. The monoisotopic (exact) mass is 846 g/mol. The first-order valence-corrected chi connectivity index (χ1v) is 23.1. The molecule has 4 nitrogen and oxygen atoms in total. The van der Waals surface area contributed by atoms with Crippen molar-refractivity contribution in [3.63, 3.8) is 0 Å². The summed E-state index contributed by atoms with van der Waals surface area (Å²) in [5.41, 5.74) is 22.0. The van der Waals surface area contributed by atoms with Gasteiger partial charge in [0, 0.05) is 30.2 Å². The molecule has 0 amide bonds. The zero-order valence-electron chi connectivity index (χ0n) is 39.8. The molecule has 0 bridgehead atoms. The average molecular weight is 847 g/mol. The molecule has 5 heterocycles. The van der Waals surface area contributed by atoms with E-state index >= 15 is 0 Å². The molecule has 1 unspecified atom stereocenters. The number of hydrogen-bond donors (Lipinski definition) is 0. The highest BCUT2D eigenvalue weighted by Gasteiger charge is 2.68. The van der Waals surface area contributed by atoms with Gasteiger partial charge in [-0.1, -0.05) is 152 Å². The van der Waals surface area contributed by atoms with Crippen molar-refractivity contribution in [1.82, 2.24) is 4.57 Å². The van der Waals surface area contributed by atoms with Gasteiger partial charge in [-0.3, -0.25) is 0 Å². The van der Waals surface area contributed by atoms with E-state index in [0.717, 1.165) is 61.8 Å². The maximum atomic E-state index is 8.67. The Morgan fingerprint density at radius 3 is 1.95 bits per heavy atom. The SMILES string of the molecule is [2H]C(C)(C)c1ccc(-c2cc[n+]3c(c2)-c2cc(C(C)(C)C)cc4c2C32Oc3ccccc3-c3n(-c5cc(-c6ccccc6)c(C)cc5-c5ccc(C(C)(C)C)cc5)c5cccc-4c5[n+]32)cc1. The van der Waals surface area contributed by atoms with E-state index in [1.807, 2.05) is 13.8 Å². The summed E-state index contributed by atoms with van der Waals surface area (Å²) in [6.07, 6.45) is 2.25. The lowest BCUT2D eigenvalue weighted by Crippen LogP contribution is -2.78. The molecule has 1 atom stereocenters. The van der Waals surface area contributed by atoms with Gasteiger partial charge in [0.1, 0.15) is 22.6 Å². The van der Waals surface area contributed by atoms with Gasteiger partial charge >= 0.3 is 11.7 Å². The van der Waals surface area contributed by atoms with Crippen LogP contribution >= 0.6 is 0 Å². The number of ether oxygens (including phenoxy) is 1. The molecule has 318 valence electrons. The Labute approximate surface area is 384 Å². The third-order valence-electron chi connectivity index (χ3n) is 14.3. The molecular formula is C61H55N3O+2. The highest BCUT2D eigenvalue weighted by molar-refractivity contribution is 5.99. The molecule has 12 rings (SSSR count). The van der Waals surface area contributed by atoms with Gasteiger partial charge in [0.25, 0.3) is 0 Å². The van der Waals surface area contributed by atoms with Crippen molar-refractivity contribution in [2.24, 2.45) is 0 Å². The highest BCUT2D eigenvalue weighted by Crippen LogP contribution is 2.54. The smallest absolute Gasteiger partial charge is 0.392 e. The summed E-state index contributed by atoms with van der Waals surface area (Å²) in [4.78, 5) is 0. The first kappa shape index (κ1) is 38.4. The van der Waals surface area contributed by atoms with Crippen LogP contribution in [0.4, 0.5) is 0 Å². The second kappa shape index (κ2) is 13.7. The maximum Gasteiger partial charge on any atom is 0.499 e. The summed E-state index contributed by atoms with van der Waals surface area (Å²) < 4.78 is 23.9. The number of nitrogens with zero attached hydrogens (tertiary/aromatic N) is 3. The normalized spacial score (nSPS) is 15.9. The number of fused-ring (bicyclic) bond motifs is 5. The number of aromatic nitrogens is 3. The van der Waals surface area contributed by atoms with Gasteiger partial charge in [-0.15, -0.1) is 9.13 Å². The number of para-hydroxylation sites is 2. The Kier molecular flexibility index (Phi) is 8.12. The van der Waals surface area contributed by atoms with Crippen LogP contribution in [-0.2, 0) is 16.7 Å². The number of hydrogen-bond acceptors (Lipinski definition) is 1. The molecule has 7 aromatic carbocycles. The topological polar surface area (TPSA) is 21.9 Å². The molecule has 3 aliphatic rings. The van der Waals surface area contributed by atoms with E-state index in [-0.39, 0.29) is 10.8 Å². The Morgan fingerprint density at radius 1 is 0.569 bits per heavy atom. The molecule has 2 aromatic heterocycles. The van der Waals surface area contributed by atoms with Crippen LogP contribution in [-0.4, -0.2) is 4.57 Å². The lowest BCUT2D eigenvalue weighted by atomic mass is 9.80. The third kappa shape index (κ3) is 5.69. The Bertz CT molecular complexity index is 3490. The van der Waals surface area contributed by atoms with Crippen molar-refractivity contribution in [2.75, 3.05) is 0 Å². The molecule has 65 heavy (non-hydrogen) atoms. The largest absolute Gasteiger partial charge is 0.499 e. The molecule has 0 aliphatic carbocycles.